The predicted molar refractivity (Wildman–Crippen MR) is 67.5 cm³/mol. The number of hydrogen-bond acceptors (Lipinski definition) is 4. The van der Waals surface area contributed by atoms with Crippen molar-refractivity contribution in [3.8, 4) is 9.27 Å². The van der Waals surface area contributed by atoms with Crippen molar-refractivity contribution in [3.63, 3.8) is 0 Å². The molecule has 0 aliphatic rings. The number of aromatic nitrogens is 1. The number of rotatable bonds is 1. The van der Waals surface area contributed by atoms with Gasteiger partial charge in [-0.05, 0) is 0 Å². The van der Waals surface area contributed by atoms with Crippen LogP contribution in [0.5, 0.6) is 0 Å². The van der Waals surface area contributed by atoms with Gasteiger partial charge in [0.15, 0.2) is 0 Å². The zero-order valence-corrected chi connectivity index (χ0v) is 14.1. The van der Waals surface area contributed by atoms with E-state index in [-0.39, 0.29) is 20.4 Å². The third-order valence-electron chi connectivity index (χ3n) is 2.76. The number of hydrogen-bond donors (Lipinski definition) is 0. The molecule has 5 nitrogen and oxygen atoms in total. The van der Waals surface area contributed by atoms with Crippen LogP contribution in [0, 0.1) is 10.2 Å². The molecule has 0 radical (unpaired) electrons. The standard InChI is InChI=1S/C14H12NTe.ClHO4/c1-15-12-9-5-6-10-13(12)16-14(15)11-7-3-2-4-8-11;2-1(3,4)5/h2-10H,1H3;(H,2,3,4,5)/q+1;/p-1. The second-order valence-electron chi connectivity index (χ2n) is 4.18. The topological polar surface area (TPSA) is 96.1 Å². The zero-order valence-electron chi connectivity index (χ0n) is 11.1. The molecular formula is C14H12ClNO4Te. The van der Waals surface area contributed by atoms with Gasteiger partial charge in [0.25, 0.3) is 0 Å². The summed E-state index contributed by atoms with van der Waals surface area (Å²) >= 11 is -0.212. The van der Waals surface area contributed by atoms with Crippen LogP contribution < -0.4 is 23.2 Å². The Morgan fingerprint density at radius 3 is 1.95 bits per heavy atom. The summed E-state index contributed by atoms with van der Waals surface area (Å²) in [6, 6.07) is 19.5. The molecule has 21 heavy (non-hydrogen) atoms. The number of para-hydroxylation sites is 1. The maximum absolute atomic E-state index is 8.49. The fourth-order valence-corrected chi connectivity index (χ4v) is 5.23. The molecule has 1 heterocycles. The average molecular weight is 421 g/mol. The number of aryl methyl sites for hydroxylation is 1. The van der Waals surface area contributed by atoms with Crippen LogP contribution in [0.25, 0.3) is 18.2 Å². The second-order valence-corrected chi connectivity index (χ2v) is 7.88. The first kappa shape index (κ1) is 16.4. The van der Waals surface area contributed by atoms with Gasteiger partial charge in [0.2, 0.25) is 0 Å². The van der Waals surface area contributed by atoms with E-state index in [9.17, 15) is 0 Å². The maximum Gasteiger partial charge on any atom is -0.112 e. The van der Waals surface area contributed by atoms with E-state index >= 15 is 0 Å². The van der Waals surface area contributed by atoms with Crippen LogP contribution in [0.2, 0.25) is 0 Å². The Hall–Kier alpha value is -0.970. The molecule has 0 aliphatic heterocycles. The van der Waals surface area contributed by atoms with Crippen LogP contribution >= 0.6 is 0 Å². The van der Waals surface area contributed by atoms with Gasteiger partial charge in [0, 0.05) is 0 Å². The van der Waals surface area contributed by atoms with E-state index in [2.05, 4.69) is 66.2 Å². The SMILES string of the molecule is C[n+]1c(-c2ccccc2)[te]c2ccccc21.[O-][Cl+3]([O-])([O-])[O-]. The summed E-state index contributed by atoms with van der Waals surface area (Å²) < 4.78 is 39.4. The van der Waals surface area contributed by atoms with Crippen molar-refractivity contribution in [1.82, 2.24) is 0 Å². The summed E-state index contributed by atoms with van der Waals surface area (Å²) in [7, 11) is -2.76. The molecule has 0 atom stereocenters. The number of nitrogens with zero attached hydrogens (tertiary/aromatic N) is 1. The van der Waals surface area contributed by atoms with Gasteiger partial charge < -0.3 is 0 Å². The first-order chi connectivity index (χ1) is 9.86. The van der Waals surface area contributed by atoms with Gasteiger partial charge in [-0.1, -0.05) is 0 Å². The molecule has 7 heteroatoms. The third kappa shape index (κ3) is 4.77. The molecule has 0 saturated heterocycles. The number of halogens is 1. The zero-order chi connectivity index (χ0) is 15.5. The van der Waals surface area contributed by atoms with Crippen molar-refractivity contribution >= 4 is 29.3 Å². The van der Waals surface area contributed by atoms with Crippen LogP contribution in [0.4, 0.5) is 0 Å². The van der Waals surface area contributed by atoms with Crippen LogP contribution in [-0.2, 0) is 7.05 Å². The Morgan fingerprint density at radius 2 is 1.38 bits per heavy atom. The third-order valence-corrected chi connectivity index (χ3v) is 6.38. The first-order valence-electron chi connectivity index (χ1n) is 5.91. The predicted octanol–water partition coefficient (Wildman–Crippen LogP) is -2.37. The summed E-state index contributed by atoms with van der Waals surface area (Å²) in [5.41, 5.74) is 2.77. The molecule has 3 aromatic rings. The quantitative estimate of drug-likeness (QED) is 0.324. The van der Waals surface area contributed by atoms with Gasteiger partial charge in [0.05, 0.1) is 0 Å². The van der Waals surface area contributed by atoms with Crippen molar-refractivity contribution < 1.29 is 33.4 Å². The minimum atomic E-state index is -4.94. The van der Waals surface area contributed by atoms with E-state index in [0.717, 1.165) is 0 Å². The Kier molecular flexibility index (Phi) is 5.36. The molecule has 0 aliphatic carbocycles. The number of benzene rings is 2. The van der Waals surface area contributed by atoms with Gasteiger partial charge >= 0.3 is 105 Å². The maximum atomic E-state index is 8.49. The molecule has 0 N–H and O–H groups in total. The molecule has 3 rings (SSSR count). The van der Waals surface area contributed by atoms with Gasteiger partial charge in [-0.25, -0.2) is 18.6 Å². The minimum absolute atomic E-state index is 0.212. The molecule has 110 valence electrons. The van der Waals surface area contributed by atoms with Crippen molar-refractivity contribution in [2.45, 2.75) is 0 Å². The van der Waals surface area contributed by atoms with Crippen LogP contribution in [0.1, 0.15) is 0 Å². The van der Waals surface area contributed by atoms with Crippen molar-refractivity contribution in [2.24, 2.45) is 7.05 Å². The Labute approximate surface area is 133 Å². The van der Waals surface area contributed by atoms with Gasteiger partial charge in [-0.2, -0.15) is 0 Å². The van der Waals surface area contributed by atoms with E-state index in [1.807, 2.05) is 0 Å². The normalized spacial score (nSPS) is 11.1. The smallest absolute Gasteiger partial charge is 0.112 e. The fraction of sp³-hybridized carbons (Fsp3) is 0.0714. The summed E-state index contributed by atoms with van der Waals surface area (Å²) in [5.74, 6) is 0. The summed E-state index contributed by atoms with van der Waals surface area (Å²) in [5, 5.41) is 0. The Bertz CT molecular complexity index is 719. The van der Waals surface area contributed by atoms with Crippen LogP contribution in [-0.4, -0.2) is 20.4 Å². The molecule has 0 amide bonds. The number of fused-ring (bicyclic) bond motifs is 1. The van der Waals surface area contributed by atoms with E-state index in [1.54, 1.807) is 3.40 Å². The Balaban J connectivity index is 0.000000282. The van der Waals surface area contributed by atoms with Gasteiger partial charge in [0.1, 0.15) is 0 Å². The molecule has 0 bridgehead atoms. The van der Waals surface area contributed by atoms with E-state index in [4.69, 9.17) is 18.6 Å². The van der Waals surface area contributed by atoms with Crippen molar-refractivity contribution in [1.29, 1.82) is 0 Å². The molecular weight excluding hydrogens is 409 g/mol. The summed E-state index contributed by atoms with van der Waals surface area (Å²) in [6.45, 7) is 0. The average Bonchev–Trinajstić information content (AvgIpc) is 2.76. The molecule has 0 spiro atoms. The summed E-state index contributed by atoms with van der Waals surface area (Å²) in [4.78, 5) is 0. The molecule has 0 unspecified atom stereocenters. The van der Waals surface area contributed by atoms with E-state index in [0.29, 0.717) is 0 Å². The molecule has 1 aromatic heterocycles. The molecule has 2 aromatic carbocycles. The second kappa shape index (κ2) is 6.86. The monoisotopic (exact) mass is 423 g/mol. The van der Waals surface area contributed by atoms with Crippen LogP contribution in [0.3, 0.4) is 0 Å². The molecule has 0 fully saturated rings. The largest absolute Gasteiger partial charge is 0.222 e. The van der Waals surface area contributed by atoms with E-state index < -0.39 is 10.2 Å². The fourth-order valence-electron chi connectivity index (χ4n) is 1.94. The first-order valence-corrected chi connectivity index (χ1v) is 9.47. The van der Waals surface area contributed by atoms with Crippen LogP contribution in [0.15, 0.2) is 54.6 Å². The summed E-state index contributed by atoms with van der Waals surface area (Å²) in [6.07, 6.45) is 0. The van der Waals surface area contributed by atoms with E-state index in [1.165, 1.54) is 14.8 Å². The Morgan fingerprint density at radius 1 is 0.857 bits per heavy atom. The van der Waals surface area contributed by atoms with Crippen molar-refractivity contribution in [2.75, 3.05) is 0 Å². The van der Waals surface area contributed by atoms with Gasteiger partial charge in [-0.3, -0.25) is 0 Å². The minimum Gasteiger partial charge on any atom is -0.222 e. The molecule has 0 saturated carbocycles. The van der Waals surface area contributed by atoms with Crippen molar-refractivity contribution in [3.05, 3.63) is 54.6 Å². The van der Waals surface area contributed by atoms with Gasteiger partial charge in [-0.15, -0.1) is 10.2 Å².